The number of ether oxygens (including phenoxy) is 1. The largest absolute Gasteiger partial charge is 0.379 e. The molecule has 0 saturated carbocycles. The Labute approximate surface area is 96.2 Å². The smallest absolute Gasteiger partial charge is 0.0669 e. The van der Waals surface area contributed by atoms with Crippen LogP contribution in [0.15, 0.2) is 24.3 Å². The molecular formula is C13H16N2O. The minimum Gasteiger partial charge on any atom is -0.379 e. The van der Waals surface area contributed by atoms with Gasteiger partial charge in [-0.15, -0.1) is 0 Å². The van der Waals surface area contributed by atoms with Crippen LogP contribution in [0.5, 0.6) is 0 Å². The lowest BCUT2D eigenvalue weighted by Gasteiger charge is -2.26. The maximum Gasteiger partial charge on any atom is 0.0669 e. The van der Waals surface area contributed by atoms with Gasteiger partial charge in [-0.1, -0.05) is 24.3 Å². The van der Waals surface area contributed by atoms with Crippen LogP contribution in [-0.4, -0.2) is 31.2 Å². The summed E-state index contributed by atoms with van der Waals surface area (Å²) >= 11 is 0. The van der Waals surface area contributed by atoms with Crippen molar-refractivity contribution in [2.24, 2.45) is 0 Å². The molecule has 1 aromatic rings. The van der Waals surface area contributed by atoms with Gasteiger partial charge in [0.15, 0.2) is 0 Å². The first-order valence-electron chi connectivity index (χ1n) is 5.63. The highest BCUT2D eigenvalue weighted by Gasteiger charge is 2.10. The second-order valence-electron chi connectivity index (χ2n) is 4.04. The molecule has 1 heterocycles. The molecule has 0 N–H and O–H groups in total. The third-order valence-corrected chi connectivity index (χ3v) is 2.78. The molecule has 0 unspecified atom stereocenters. The first-order chi connectivity index (χ1) is 7.88. The maximum absolute atomic E-state index is 8.66. The summed E-state index contributed by atoms with van der Waals surface area (Å²) in [7, 11) is 0. The van der Waals surface area contributed by atoms with E-state index >= 15 is 0 Å². The van der Waals surface area contributed by atoms with Crippen molar-refractivity contribution in [3.8, 4) is 6.07 Å². The lowest BCUT2D eigenvalue weighted by atomic mass is 10.1. The molecule has 1 aliphatic rings. The van der Waals surface area contributed by atoms with Crippen LogP contribution in [0, 0.1) is 11.3 Å². The Morgan fingerprint density at radius 1 is 1.25 bits per heavy atom. The number of hydrogen-bond donors (Lipinski definition) is 0. The zero-order valence-electron chi connectivity index (χ0n) is 9.35. The molecule has 0 amide bonds. The summed E-state index contributed by atoms with van der Waals surface area (Å²) in [5.41, 5.74) is 2.39. The van der Waals surface area contributed by atoms with Crippen molar-refractivity contribution in [3.05, 3.63) is 35.4 Å². The van der Waals surface area contributed by atoms with Crippen molar-refractivity contribution in [3.63, 3.8) is 0 Å². The van der Waals surface area contributed by atoms with Crippen molar-refractivity contribution in [1.82, 2.24) is 4.90 Å². The van der Waals surface area contributed by atoms with Crippen LogP contribution in [0.2, 0.25) is 0 Å². The monoisotopic (exact) mass is 216 g/mol. The van der Waals surface area contributed by atoms with E-state index in [2.05, 4.69) is 23.1 Å². The van der Waals surface area contributed by atoms with Crippen LogP contribution in [0.1, 0.15) is 11.1 Å². The van der Waals surface area contributed by atoms with Gasteiger partial charge in [-0.25, -0.2) is 0 Å². The van der Waals surface area contributed by atoms with E-state index in [0.717, 1.165) is 38.4 Å². The molecule has 0 aliphatic carbocycles. The minimum atomic E-state index is 0.497. The number of nitriles is 1. The summed E-state index contributed by atoms with van der Waals surface area (Å²) in [5.74, 6) is 0. The van der Waals surface area contributed by atoms with Crippen molar-refractivity contribution in [2.45, 2.75) is 13.0 Å². The molecule has 1 aromatic carbocycles. The second-order valence-corrected chi connectivity index (χ2v) is 4.04. The molecule has 1 fully saturated rings. The summed E-state index contributed by atoms with van der Waals surface area (Å²) < 4.78 is 5.31. The standard InChI is InChI=1S/C13H16N2O/c14-5-4-12-2-1-3-13(10-12)11-15-6-8-16-9-7-15/h1-3,10H,4,6-9,11H2. The Kier molecular flexibility index (Phi) is 3.92. The van der Waals surface area contributed by atoms with E-state index in [1.54, 1.807) is 0 Å². The topological polar surface area (TPSA) is 36.3 Å². The van der Waals surface area contributed by atoms with Crippen LogP contribution >= 0.6 is 0 Å². The van der Waals surface area contributed by atoms with Crippen LogP contribution in [0.3, 0.4) is 0 Å². The first kappa shape index (κ1) is 11.1. The lowest BCUT2D eigenvalue weighted by Crippen LogP contribution is -2.35. The lowest BCUT2D eigenvalue weighted by molar-refractivity contribution is 0.0342. The molecule has 3 heteroatoms. The Balaban J connectivity index is 1.97. The van der Waals surface area contributed by atoms with Gasteiger partial charge in [-0.05, 0) is 11.1 Å². The van der Waals surface area contributed by atoms with Gasteiger partial charge in [0, 0.05) is 19.6 Å². The number of rotatable bonds is 3. The Morgan fingerprint density at radius 2 is 2.00 bits per heavy atom. The highest BCUT2D eigenvalue weighted by atomic mass is 16.5. The molecule has 0 radical (unpaired) electrons. The zero-order valence-corrected chi connectivity index (χ0v) is 9.35. The van der Waals surface area contributed by atoms with Crippen LogP contribution < -0.4 is 0 Å². The molecular weight excluding hydrogens is 200 g/mol. The molecule has 0 bridgehead atoms. The summed E-state index contributed by atoms with van der Waals surface area (Å²) in [6, 6.07) is 10.5. The van der Waals surface area contributed by atoms with Gasteiger partial charge in [0.25, 0.3) is 0 Å². The van der Waals surface area contributed by atoms with E-state index in [9.17, 15) is 0 Å². The zero-order chi connectivity index (χ0) is 11.2. The van der Waals surface area contributed by atoms with Crippen LogP contribution in [0.4, 0.5) is 0 Å². The average molecular weight is 216 g/mol. The predicted octanol–water partition coefficient (Wildman–Crippen LogP) is 1.58. The van der Waals surface area contributed by atoms with E-state index in [4.69, 9.17) is 10.00 Å². The van der Waals surface area contributed by atoms with Gasteiger partial charge in [-0.3, -0.25) is 4.90 Å². The maximum atomic E-state index is 8.66. The number of benzene rings is 1. The molecule has 3 nitrogen and oxygen atoms in total. The summed E-state index contributed by atoms with van der Waals surface area (Å²) in [4.78, 5) is 2.38. The quantitative estimate of drug-likeness (QED) is 0.769. The molecule has 1 aliphatic heterocycles. The number of morpholine rings is 1. The van der Waals surface area contributed by atoms with Crippen molar-refractivity contribution in [2.75, 3.05) is 26.3 Å². The van der Waals surface area contributed by atoms with Gasteiger partial charge < -0.3 is 4.74 Å². The normalized spacial score (nSPS) is 16.9. The third-order valence-electron chi connectivity index (χ3n) is 2.78. The van der Waals surface area contributed by atoms with Crippen LogP contribution in [0.25, 0.3) is 0 Å². The Morgan fingerprint density at radius 3 is 2.75 bits per heavy atom. The highest BCUT2D eigenvalue weighted by Crippen LogP contribution is 2.10. The van der Waals surface area contributed by atoms with E-state index in [-0.39, 0.29) is 0 Å². The average Bonchev–Trinajstić information content (AvgIpc) is 2.31. The Hall–Kier alpha value is -1.37. The summed E-state index contributed by atoms with van der Waals surface area (Å²) in [6.07, 6.45) is 0.497. The van der Waals surface area contributed by atoms with E-state index in [1.165, 1.54) is 5.56 Å². The molecule has 16 heavy (non-hydrogen) atoms. The molecule has 0 spiro atoms. The molecule has 84 valence electrons. The van der Waals surface area contributed by atoms with E-state index in [1.807, 2.05) is 12.1 Å². The Bertz CT molecular complexity index is 378. The predicted molar refractivity (Wildman–Crippen MR) is 61.9 cm³/mol. The van der Waals surface area contributed by atoms with Crippen molar-refractivity contribution in [1.29, 1.82) is 5.26 Å². The van der Waals surface area contributed by atoms with E-state index < -0.39 is 0 Å². The van der Waals surface area contributed by atoms with E-state index in [0.29, 0.717) is 6.42 Å². The highest BCUT2D eigenvalue weighted by molar-refractivity contribution is 5.25. The minimum absolute atomic E-state index is 0.497. The van der Waals surface area contributed by atoms with Crippen molar-refractivity contribution < 1.29 is 4.74 Å². The fourth-order valence-electron chi connectivity index (χ4n) is 1.95. The van der Waals surface area contributed by atoms with Crippen LogP contribution in [-0.2, 0) is 17.7 Å². The first-order valence-corrected chi connectivity index (χ1v) is 5.63. The fraction of sp³-hybridized carbons (Fsp3) is 0.462. The molecule has 0 atom stereocenters. The van der Waals surface area contributed by atoms with Gasteiger partial charge in [-0.2, -0.15) is 5.26 Å². The van der Waals surface area contributed by atoms with Gasteiger partial charge in [0.1, 0.15) is 0 Å². The van der Waals surface area contributed by atoms with Gasteiger partial charge >= 0.3 is 0 Å². The summed E-state index contributed by atoms with van der Waals surface area (Å²) in [6.45, 7) is 4.63. The molecule has 0 aromatic heterocycles. The van der Waals surface area contributed by atoms with Gasteiger partial charge in [0.2, 0.25) is 0 Å². The number of nitrogens with zero attached hydrogens (tertiary/aromatic N) is 2. The summed E-state index contributed by atoms with van der Waals surface area (Å²) in [5, 5.41) is 8.66. The second kappa shape index (κ2) is 5.64. The molecule has 2 rings (SSSR count). The van der Waals surface area contributed by atoms with Crippen molar-refractivity contribution >= 4 is 0 Å². The number of hydrogen-bond acceptors (Lipinski definition) is 3. The fourth-order valence-corrected chi connectivity index (χ4v) is 1.95. The molecule has 1 saturated heterocycles. The SMILES string of the molecule is N#CCc1cccc(CN2CCOCC2)c1. The third kappa shape index (κ3) is 3.06. The van der Waals surface area contributed by atoms with Gasteiger partial charge in [0.05, 0.1) is 25.7 Å².